The molecule has 4 aromatic carbocycles. The number of fused-ring (bicyclic) bond motifs is 2. The van der Waals surface area contributed by atoms with Crippen molar-refractivity contribution in [2.24, 2.45) is 0 Å². The second-order valence-corrected chi connectivity index (χ2v) is 7.28. The highest BCUT2D eigenvalue weighted by Crippen LogP contribution is 2.34. The van der Waals surface area contributed by atoms with Crippen molar-refractivity contribution in [2.45, 2.75) is 0 Å². The van der Waals surface area contributed by atoms with Crippen LogP contribution in [-0.4, -0.2) is 4.98 Å². The van der Waals surface area contributed by atoms with Gasteiger partial charge in [-0.1, -0.05) is 109 Å². The number of aromatic nitrogens is 1. The van der Waals surface area contributed by atoms with Crippen molar-refractivity contribution in [3.8, 4) is 0 Å². The van der Waals surface area contributed by atoms with Crippen molar-refractivity contribution in [2.75, 3.05) is 0 Å². The minimum absolute atomic E-state index is 1.16. The molecule has 0 aliphatic rings. The molecule has 1 nitrogen and oxygen atoms in total. The van der Waals surface area contributed by atoms with Gasteiger partial charge in [-0.15, -0.1) is 0 Å². The third-order valence-electron chi connectivity index (χ3n) is 5.39. The van der Waals surface area contributed by atoms with E-state index in [0.29, 0.717) is 0 Å². The zero-order chi connectivity index (χ0) is 20.2. The van der Waals surface area contributed by atoms with Crippen molar-refractivity contribution in [3.63, 3.8) is 0 Å². The molecule has 30 heavy (non-hydrogen) atoms. The molecule has 0 radical (unpaired) electrons. The topological polar surface area (TPSA) is 12.9 Å². The van der Waals surface area contributed by atoms with Crippen molar-refractivity contribution in [1.82, 2.24) is 4.98 Å². The van der Waals surface area contributed by atoms with Crippen LogP contribution in [0.3, 0.4) is 0 Å². The van der Waals surface area contributed by atoms with Crippen molar-refractivity contribution < 1.29 is 0 Å². The second-order valence-electron chi connectivity index (χ2n) is 7.28. The van der Waals surface area contributed by atoms with Crippen LogP contribution in [0.25, 0.3) is 45.8 Å². The monoisotopic (exact) mass is 383 g/mol. The smallest absolute Gasteiger partial charge is 0.0352 e. The number of rotatable bonds is 4. The molecule has 0 bridgehead atoms. The molecule has 1 aromatic heterocycles. The summed E-state index contributed by atoms with van der Waals surface area (Å²) in [5.74, 6) is 0. The van der Waals surface area contributed by atoms with Gasteiger partial charge in [0.05, 0.1) is 0 Å². The summed E-state index contributed by atoms with van der Waals surface area (Å²) >= 11 is 0. The third kappa shape index (κ3) is 3.54. The normalized spacial score (nSPS) is 11.7. The van der Waals surface area contributed by atoms with E-state index in [-0.39, 0.29) is 0 Å². The molecule has 0 saturated carbocycles. The summed E-state index contributed by atoms with van der Waals surface area (Å²) < 4.78 is 0. The van der Waals surface area contributed by atoms with E-state index in [9.17, 15) is 0 Å². The highest BCUT2D eigenvalue weighted by molar-refractivity contribution is 6.14. The summed E-state index contributed by atoms with van der Waals surface area (Å²) in [6, 6.07) is 31.6. The maximum atomic E-state index is 4.44. The Bertz CT molecular complexity index is 1200. The van der Waals surface area contributed by atoms with Gasteiger partial charge < -0.3 is 0 Å². The quantitative estimate of drug-likeness (QED) is 0.228. The Balaban J connectivity index is 1.74. The van der Waals surface area contributed by atoms with Gasteiger partial charge in [0.15, 0.2) is 0 Å². The summed E-state index contributed by atoms with van der Waals surface area (Å²) in [7, 11) is 0. The van der Waals surface area contributed by atoms with Crippen LogP contribution in [0, 0.1) is 0 Å². The Morgan fingerprint density at radius 2 is 0.900 bits per heavy atom. The van der Waals surface area contributed by atoms with Gasteiger partial charge in [-0.3, -0.25) is 4.98 Å². The van der Waals surface area contributed by atoms with Gasteiger partial charge in [0, 0.05) is 17.8 Å². The number of hydrogen-bond acceptors (Lipinski definition) is 1. The van der Waals surface area contributed by atoms with Gasteiger partial charge in [0.2, 0.25) is 0 Å². The maximum Gasteiger partial charge on any atom is 0.0352 e. The lowest BCUT2D eigenvalue weighted by atomic mass is 9.92. The molecule has 0 N–H and O–H groups in total. The zero-order valence-electron chi connectivity index (χ0n) is 16.6. The fourth-order valence-corrected chi connectivity index (χ4v) is 3.93. The molecule has 5 rings (SSSR count). The maximum absolute atomic E-state index is 4.44. The van der Waals surface area contributed by atoms with Crippen LogP contribution < -0.4 is 0 Å². The Labute approximate surface area is 176 Å². The van der Waals surface area contributed by atoms with Crippen molar-refractivity contribution in [3.05, 3.63) is 126 Å². The summed E-state index contributed by atoms with van der Waals surface area (Å²) in [6.07, 6.45) is 12.7. The van der Waals surface area contributed by atoms with E-state index < -0.39 is 0 Å². The summed E-state index contributed by atoms with van der Waals surface area (Å²) in [4.78, 5) is 4.44. The molecule has 1 heterocycles. The Morgan fingerprint density at radius 3 is 1.47 bits per heavy atom. The average Bonchev–Trinajstić information content (AvgIpc) is 2.82. The lowest BCUT2D eigenvalue weighted by Crippen LogP contribution is -1.89. The van der Waals surface area contributed by atoms with Crippen LogP contribution in [0.2, 0.25) is 0 Å². The molecule has 0 unspecified atom stereocenters. The summed E-state index contributed by atoms with van der Waals surface area (Å²) in [5, 5.41) is 4.86. The summed E-state index contributed by atoms with van der Waals surface area (Å²) in [5.41, 5.74) is 4.81. The molecule has 1 heteroatoms. The third-order valence-corrected chi connectivity index (χ3v) is 5.39. The van der Waals surface area contributed by atoms with Crippen LogP contribution in [0.15, 0.2) is 103 Å². The Hall–Kier alpha value is -3.97. The van der Waals surface area contributed by atoms with Crippen LogP contribution in [0.1, 0.15) is 22.3 Å². The van der Waals surface area contributed by atoms with Gasteiger partial charge in [-0.25, -0.2) is 0 Å². The van der Waals surface area contributed by atoms with Crippen molar-refractivity contribution >= 4 is 45.8 Å². The fourth-order valence-electron chi connectivity index (χ4n) is 3.93. The largest absolute Gasteiger partial charge is 0.264 e. The van der Waals surface area contributed by atoms with E-state index in [1.54, 1.807) is 0 Å². The number of nitrogens with zero attached hydrogens (tertiary/aromatic N) is 1. The summed E-state index contributed by atoms with van der Waals surface area (Å²) in [6.45, 7) is 0. The fraction of sp³-hybridized carbons (Fsp3) is 0. The SMILES string of the molecule is C(=Cc1c2ccccc2c(C=Cc2ccccc2)c2cnccc12)c1ccccc1. The first kappa shape index (κ1) is 18.1. The van der Waals surface area contributed by atoms with Gasteiger partial charge in [-0.05, 0) is 44.5 Å². The Kier molecular flexibility index (Phi) is 4.93. The van der Waals surface area contributed by atoms with Crippen LogP contribution >= 0.6 is 0 Å². The van der Waals surface area contributed by atoms with Crippen LogP contribution in [0.4, 0.5) is 0 Å². The van der Waals surface area contributed by atoms with Gasteiger partial charge in [0.25, 0.3) is 0 Å². The molecular formula is C29H21N. The van der Waals surface area contributed by atoms with E-state index in [2.05, 4.69) is 108 Å². The lowest BCUT2D eigenvalue weighted by molar-refractivity contribution is 1.36. The predicted molar refractivity (Wildman–Crippen MR) is 130 cm³/mol. The van der Waals surface area contributed by atoms with E-state index in [1.807, 2.05) is 24.5 Å². The predicted octanol–water partition coefficient (Wildman–Crippen LogP) is 7.73. The first-order chi connectivity index (χ1) is 14.9. The van der Waals surface area contributed by atoms with E-state index in [1.165, 1.54) is 38.4 Å². The minimum atomic E-state index is 1.16. The molecule has 0 fully saturated rings. The highest BCUT2D eigenvalue weighted by atomic mass is 14.6. The molecular weight excluding hydrogens is 362 g/mol. The molecule has 0 saturated heterocycles. The Morgan fingerprint density at radius 1 is 0.433 bits per heavy atom. The molecule has 0 atom stereocenters. The van der Waals surface area contributed by atoms with E-state index in [0.717, 1.165) is 5.39 Å². The molecule has 0 amide bonds. The van der Waals surface area contributed by atoms with E-state index in [4.69, 9.17) is 0 Å². The highest BCUT2D eigenvalue weighted by Gasteiger charge is 2.10. The standard InChI is InChI=1S/C29H21N/c1-3-9-22(10-4-1)15-17-26-24-13-7-8-14-25(24)27(29-21-30-20-19-28(26)29)18-16-23-11-5-2-6-12-23/h1-21H. The minimum Gasteiger partial charge on any atom is -0.264 e. The van der Waals surface area contributed by atoms with Crippen LogP contribution in [-0.2, 0) is 0 Å². The average molecular weight is 383 g/mol. The molecule has 0 aliphatic heterocycles. The van der Waals surface area contributed by atoms with Gasteiger partial charge in [0.1, 0.15) is 0 Å². The zero-order valence-corrected chi connectivity index (χ0v) is 16.6. The number of hydrogen-bond donors (Lipinski definition) is 0. The molecule has 0 spiro atoms. The number of benzene rings is 4. The first-order valence-electron chi connectivity index (χ1n) is 10.1. The molecule has 142 valence electrons. The van der Waals surface area contributed by atoms with Crippen LogP contribution in [0.5, 0.6) is 0 Å². The molecule has 0 aliphatic carbocycles. The number of pyridine rings is 1. The first-order valence-corrected chi connectivity index (χ1v) is 10.1. The van der Waals surface area contributed by atoms with Gasteiger partial charge in [-0.2, -0.15) is 0 Å². The van der Waals surface area contributed by atoms with Crippen molar-refractivity contribution in [1.29, 1.82) is 0 Å². The lowest BCUT2D eigenvalue weighted by Gasteiger charge is -2.12. The van der Waals surface area contributed by atoms with E-state index >= 15 is 0 Å². The van der Waals surface area contributed by atoms with Gasteiger partial charge >= 0.3 is 0 Å². The second kappa shape index (κ2) is 8.18. The molecule has 5 aromatic rings.